The van der Waals surface area contributed by atoms with E-state index in [0.29, 0.717) is 18.5 Å². The summed E-state index contributed by atoms with van der Waals surface area (Å²) in [5.41, 5.74) is 2.41. The topological polar surface area (TPSA) is 62.5 Å². The summed E-state index contributed by atoms with van der Waals surface area (Å²) in [7, 11) is 0. The highest BCUT2D eigenvalue weighted by atomic mass is 16.4. The predicted octanol–water partition coefficient (Wildman–Crippen LogP) is 2.89. The lowest BCUT2D eigenvalue weighted by Gasteiger charge is -2.34. The molecule has 1 N–H and O–H groups in total. The van der Waals surface area contributed by atoms with Gasteiger partial charge < -0.3 is 14.6 Å². The Balaban J connectivity index is 1.93. The van der Waals surface area contributed by atoms with Gasteiger partial charge in [0, 0.05) is 30.9 Å². The standard InChI is InChI=1S/C19H22N2O3/c1-19(2,3)20-9-8-15(11-20)17(22)21-12-14-7-5-4-6-13(14)10-16(21)18(23)24/h4-9,11,16H,10,12H2,1-3H3,(H,23,24). The van der Waals surface area contributed by atoms with Crippen molar-refractivity contribution in [2.75, 3.05) is 0 Å². The van der Waals surface area contributed by atoms with E-state index in [-0.39, 0.29) is 11.4 Å². The van der Waals surface area contributed by atoms with E-state index in [1.807, 2.05) is 35.0 Å². The van der Waals surface area contributed by atoms with E-state index < -0.39 is 12.0 Å². The number of carboxylic acids is 1. The molecule has 5 nitrogen and oxygen atoms in total. The zero-order chi connectivity index (χ0) is 17.5. The molecule has 0 spiro atoms. The number of hydrogen-bond acceptors (Lipinski definition) is 2. The van der Waals surface area contributed by atoms with E-state index in [2.05, 4.69) is 20.8 Å². The second kappa shape index (κ2) is 5.82. The molecule has 0 fully saturated rings. The van der Waals surface area contributed by atoms with Gasteiger partial charge in [-0.3, -0.25) is 4.79 Å². The molecule has 1 unspecified atom stereocenters. The molecule has 1 aromatic carbocycles. The second-order valence-corrected chi connectivity index (χ2v) is 7.24. The number of carbonyl (C=O) groups is 2. The molecule has 2 aromatic rings. The van der Waals surface area contributed by atoms with E-state index in [0.717, 1.165) is 11.1 Å². The van der Waals surface area contributed by atoms with Gasteiger partial charge >= 0.3 is 5.97 Å². The second-order valence-electron chi connectivity index (χ2n) is 7.24. The Labute approximate surface area is 141 Å². The van der Waals surface area contributed by atoms with Gasteiger partial charge in [-0.25, -0.2) is 4.79 Å². The van der Waals surface area contributed by atoms with Crippen LogP contribution in [0.2, 0.25) is 0 Å². The maximum Gasteiger partial charge on any atom is 0.326 e. The van der Waals surface area contributed by atoms with Crippen LogP contribution in [0.25, 0.3) is 0 Å². The van der Waals surface area contributed by atoms with Crippen LogP contribution in [0.3, 0.4) is 0 Å². The normalized spacial score (nSPS) is 17.5. The highest BCUT2D eigenvalue weighted by Crippen LogP contribution is 2.26. The summed E-state index contributed by atoms with van der Waals surface area (Å²) in [5, 5.41) is 9.57. The lowest BCUT2D eigenvalue weighted by atomic mass is 9.93. The number of hydrogen-bond donors (Lipinski definition) is 1. The lowest BCUT2D eigenvalue weighted by molar-refractivity contribution is -0.142. The maximum atomic E-state index is 12.9. The Hall–Kier alpha value is -2.56. The zero-order valence-electron chi connectivity index (χ0n) is 14.2. The molecule has 126 valence electrons. The van der Waals surface area contributed by atoms with E-state index in [1.54, 1.807) is 12.3 Å². The monoisotopic (exact) mass is 326 g/mol. The number of carboxylic acid groups (broad SMARTS) is 1. The summed E-state index contributed by atoms with van der Waals surface area (Å²) in [6.45, 7) is 6.49. The number of benzene rings is 1. The Morgan fingerprint density at radius 2 is 1.79 bits per heavy atom. The first kappa shape index (κ1) is 16.3. The van der Waals surface area contributed by atoms with Crippen LogP contribution in [-0.2, 0) is 23.3 Å². The van der Waals surface area contributed by atoms with Gasteiger partial charge in [0.05, 0.1) is 5.56 Å². The van der Waals surface area contributed by atoms with Crippen LogP contribution >= 0.6 is 0 Å². The number of carbonyl (C=O) groups excluding carboxylic acids is 1. The van der Waals surface area contributed by atoms with E-state index in [1.165, 1.54) is 4.90 Å². The summed E-state index contributed by atoms with van der Waals surface area (Å²) < 4.78 is 1.97. The van der Waals surface area contributed by atoms with Crippen molar-refractivity contribution >= 4 is 11.9 Å². The minimum atomic E-state index is -0.965. The van der Waals surface area contributed by atoms with Gasteiger partial charge in [0.15, 0.2) is 0 Å². The van der Waals surface area contributed by atoms with Gasteiger partial charge in [-0.2, -0.15) is 0 Å². The van der Waals surface area contributed by atoms with Gasteiger partial charge in [0.2, 0.25) is 0 Å². The van der Waals surface area contributed by atoms with Crippen LogP contribution in [0, 0.1) is 0 Å². The highest BCUT2D eigenvalue weighted by Gasteiger charge is 2.35. The van der Waals surface area contributed by atoms with E-state index in [4.69, 9.17) is 0 Å². The predicted molar refractivity (Wildman–Crippen MR) is 90.9 cm³/mol. The SMILES string of the molecule is CC(C)(C)n1ccc(C(=O)N2Cc3ccccc3CC2C(=O)O)c1. The van der Waals surface area contributed by atoms with Gasteiger partial charge in [-0.05, 0) is 38.0 Å². The first-order valence-corrected chi connectivity index (χ1v) is 8.06. The van der Waals surface area contributed by atoms with Gasteiger partial charge in [0.25, 0.3) is 5.91 Å². The molecular weight excluding hydrogens is 304 g/mol. The quantitative estimate of drug-likeness (QED) is 0.923. The average Bonchev–Trinajstić information content (AvgIpc) is 3.03. The number of rotatable bonds is 2. The van der Waals surface area contributed by atoms with Crippen molar-refractivity contribution in [3.63, 3.8) is 0 Å². The Bertz CT molecular complexity index is 786. The van der Waals surface area contributed by atoms with Crippen LogP contribution in [0.15, 0.2) is 42.7 Å². The molecule has 2 heterocycles. The summed E-state index contributed by atoms with van der Waals surface area (Å²) in [5.74, 6) is -1.20. The van der Waals surface area contributed by atoms with Crippen LogP contribution in [-0.4, -0.2) is 32.5 Å². The molecule has 5 heteroatoms. The fourth-order valence-corrected chi connectivity index (χ4v) is 3.06. The molecule has 1 atom stereocenters. The molecule has 3 rings (SSSR count). The fourth-order valence-electron chi connectivity index (χ4n) is 3.06. The van der Waals surface area contributed by atoms with Gasteiger partial charge in [-0.15, -0.1) is 0 Å². The van der Waals surface area contributed by atoms with Crippen molar-refractivity contribution in [2.45, 2.75) is 45.3 Å². The molecule has 0 radical (unpaired) electrons. The molecule has 1 aliphatic rings. The van der Waals surface area contributed by atoms with Crippen LogP contribution in [0.4, 0.5) is 0 Å². The molecular formula is C19H22N2O3. The number of fused-ring (bicyclic) bond motifs is 1. The Morgan fingerprint density at radius 1 is 1.12 bits per heavy atom. The lowest BCUT2D eigenvalue weighted by Crippen LogP contribution is -2.48. The van der Waals surface area contributed by atoms with Crippen molar-refractivity contribution in [1.82, 2.24) is 9.47 Å². The van der Waals surface area contributed by atoms with Gasteiger partial charge in [0.1, 0.15) is 6.04 Å². The third kappa shape index (κ3) is 2.94. The molecule has 0 aliphatic carbocycles. The maximum absolute atomic E-state index is 12.9. The summed E-state index contributed by atoms with van der Waals surface area (Å²) >= 11 is 0. The summed E-state index contributed by atoms with van der Waals surface area (Å²) in [4.78, 5) is 26.1. The first-order valence-electron chi connectivity index (χ1n) is 8.06. The smallest absolute Gasteiger partial charge is 0.326 e. The van der Waals surface area contributed by atoms with Crippen LogP contribution in [0.1, 0.15) is 42.3 Å². The molecule has 24 heavy (non-hydrogen) atoms. The largest absolute Gasteiger partial charge is 0.480 e. The average molecular weight is 326 g/mol. The van der Waals surface area contributed by atoms with Crippen molar-refractivity contribution < 1.29 is 14.7 Å². The molecule has 1 aliphatic heterocycles. The number of nitrogens with zero attached hydrogens (tertiary/aromatic N) is 2. The van der Waals surface area contributed by atoms with Gasteiger partial charge in [-0.1, -0.05) is 24.3 Å². The summed E-state index contributed by atoms with van der Waals surface area (Å²) in [6.07, 6.45) is 4.00. The van der Waals surface area contributed by atoms with Crippen molar-refractivity contribution in [2.24, 2.45) is 0 Å². The van der Waals surface area contributed by atoms with E-state index in [9.17, 15) is 14.7 Å². The third-order valence-electron chi connectivity index (χ3n) is 4.51. The molecule has 0 bridgehead atoms. The highest BCUT2D eigenvalue weighted by molar-refractivity contribution is 5.96. The van der Waals surface area contributed by atoms with Crippen LogP contribution in [0.5, 0.6) is 0 Å². The minimum Gasteiger partial charge on any atom is -0.480 e. The third-order valence-corrected chi connectivity index (χ3v) is 4.51. The number of aliphatic carboxylic acids is 1. The van der Waals surface area contributed by atoms with Crippen LogP contribution < -0.4 is 0 Å². The first-order chi connectivity index (χ1) is 11.3. The molecule has 1 amide bonds. The summed E-state index contributed by atoms with van der Waals surface area (Å²) in [6, 6.07) is 8.63. The Morgan fingerprint density at radius 3 is 2.38 bits per heavy atom. The van der Waals surface area contributed by atoms with Crippen molar-refractivity contribution in [1.29, 1.82) is 0 Å². The minimum absolute atomic E-state index is 0.126. The number of amides is 1. The number of aromatic nitrogens is 1. The zero-order valence-corrected chi connectivity index (χ0v) is 14.2. The molecule has 1 aromatic heterocycles. The molecule has 0 saturated heterocycles. The Kier molecular flexibility index (Phi) is 3.95. The fraction of sp³-hybridized carbons (Fsp3) is 0.368. The van der Waals surface area contributed by atoms with Crippen molar-refractivity contribution in [3.8, 4) is 0 Å². The van der Waals surface area contributed by atoms with E-state index >= 15 is 0 Å². The van der Waals surface area contributed by atoms with Crippen molar-refractivity contribution in [3.05, 3.63) is 59.4 Å². The molecule has 0 saturated carbocycles.